The summed E-state index contributed by atoms with van der Waals surface area (Å²) >= 11 is 0. The number of carbonyl (C=O) groups is 1. The summed E-state index contributed by atoms with van der Waals surface area (Å²) in [4.78, 5) is 10.9. The number of anilines is 1. The molecule has 0 fully saturated rings. The number of primary amides is 1. The summed E-state index contributed by atoms with van der Waals surface area (Å²) in [5, 5.41) is 5.81. The number of carbonyl (C=O) groups excluding carboxylic acids is 1. The van der Waals surface area contributed by atoms with Crippen molar-refractivity contribution in [1.29, 1.82) is 0 Å². The largest absolute Gasteiger partial charge is 0.421 e. The molecule has 0 radical (unpaired) electrons. The van der Waals surface area contributed by atoms with Crippen molar-refractivity contribution < 1.29 is 18.0 Å². The fourth-order valence-electron chi connectivity index (χ4n) is 1.85. The number of para-hydroxylation sites is 1. The van der Waals surface area contributed by atoms with Gasteiger partial charge in [0.1, 0.15) is 11.4 Å². The Bertz CT molecular complexity index is 634. The molecule has 0 aliphatic carbocycles. The van der Waals surface area contributed by atoms with Gasteiger partial charge in [-0.2, -0.15) is 18.3 Å². The van der Waals surface area contributed by atoms with Gasteiger partial charge in [-0.25, -0.2) is 9.48 Å². The quantitative estimate of drug-likeness (QED) is 0.889. The minimum absolute atomic E-state index is 0.245. The van der Waals surface area contributed by atoms with E-state index in [9.17, 15) is 18.0 Å². The first-order chi connectivity index (χ1) is 9.30. The van der Waals surface area contributed by atoms with Gasteiger partial charge in [-0.05, 0) is 19.1 Å². The summed E-state index contributed by atoms with van der Waals surface area (Å²) in [7, 11) is 0. The molecule has 1 heterocycles. The molecule has 0 aliphatic heterocycles. The lowest BCUT2D eigenvalue weighted by atomic mass is 10.2. The highest BCUT2D eigenvalue weighted by Crippen LogP contribution is 2.38. The zero-order valence-corrected chi connectivity index (χ0v) is 10.4. The number of nitrogens with two attached hydrogens (primary N) is 1. The third-order valence-electron chi connectivity index (χ3n) is 2.59. The Morgan fingerprint density at radius 1 is 1.30 bits per heavy atom. The van der Waals surface area contributed by atoms with Crippen LogP contribution >= 0.6 is 0 Å². The fraction of sp³-hybridized carbons (Fsp3) is 0.167. The molecule has 1 aromatic carbocycles. The van der Waals surface area contributed by atoms with Gasteiger partial charge in [0, 0.05) is 0 Å². The van der Waals surface area contributed by atoms with E-state index in [2.05, 4.69) is 5.10 Å². The molecule has 106 valence electrons. The number of rotatable bonds is 2. The van der Waals surface area contributed by atoms with Crippen LogP contribution < -0.4 is 11.1 Å². The monoisotopic (exact) mass is 284 g/mol. The smallest absolute Gasteiger partial charge is 0.351 e. The Labute approximate surface area is 112 Å². The van der Waals surface area contributed by atoms with Gasteiger partial charge in [0.05, 0.1) is 11.4 Å². The number of urea groups is 1. The number of hydrogen-bond acceptors (Lipinski definition) is 2. The summed E-state index contributed by atoms with van der Waals surface area (Å²) in [6, 6.07) is 7.05. The molecule has 0 unspecified atom stereocenters. The van der Waals surface area contributed by atoms with Crippen molar-refractivity contribution in [3.63, 3.8) is 0 Å². The van der Waals surface area contributed by atoms with Crippen LogP contribution in [0.25, 0.3) is 5.69 Å². The van der Waals surface area contributed by atoms with Gasteiger partial charge >= 0.3 is 12.2 Å². The van der Waals surface area contributed by atoms with Gasteiger partial charge in [-0.1, -0.05) is 18.2 Å². The second-order valence-electron chi connectivity index (χ2n) is 4.04. The van der Waals surface area contributed by atoms with Gasteiger partial charge in [0.15, 0.2) is 0 Å². The maximum atomic E-state index is 13.0. The van der Waals surface area contributed by atoms with Gasteiger partial charge in [0.25, 0.3) is 0 Å². The third kappa shape index (κ3) is 2.58. The number of amides is 2. The number of aryl methyl sites for hydroxylation is 1. The second kappa shape index (κ2) is 4.87. The van der Waals surface area contributed by atoms with E-state index in [0.717, 1.165) is 4.68 Å². The minimum Gasteiger partial charge on any atom is -0.351 e. The molecule has 2 amide bonds. The maximum Gasteiger partial charge on any atom is 0.421 e. The molecule has 0 atom stereocenters. The van der Waals surface area contributed by atoms with Gasteiger partial charge < -0.3 is 5.73 Å². The van der Waals surface area contributed by atoms with E-state index in [1.54, 1.807) is 30.3 Å². The standard InChI is InChI=1S/C12H11F3N4O/c1-7-9(12(13,14)15)10(17-11(16)20)19(18-7)8-5-3-2-4-6-8/h2-6H,1H3,(H3,16,17,20). The van der Waals surface area contributed by atoms with Gasteiger partial charge in [0.2, 0.25) is 0 Å². The molecule has 1 aromatic heterocycles. The highest BCUT2D eigenvalue weighted by atomic mass is 19.4. The molecular weight excluding hydrogens is 273 g/mol. The van der Waals surface area contributed by atoms with Crippen LogP contribution in [0.5, 0.6) is 0 Å². The summed E-state index contributed by atoms with van der Waals surface area (Å²) in [6.45, 7) is 1.22. The average molecular weight is 284 g/mol. The van der Waals surface area contributed by atoms with E-state index in [0.29, 0.717) is 5.69 Å². The van der Waals surface area contributed by atoms with Crippen LogP contribution in [0.2, 0.25) is 0 Å². The van der Waals surface area contributed by atoms with E-state index in [1.165, 1.54) is 6.92 Å². The van der Waals surface area contributed by atoms with Gasteiger partial charge in [-0.3, -0.25) is 5.32 Å². The lowest BCUT2D eigenvalue weighted by Gasteiger charge is -2.11. The summed E-state index contributed by atoms with van der Waals surface area (Å²) < 4.78 is 40.1. The van der Waals surface area contributed by atoms with Crippen molar-refractivity contribution in [1.82, 2.24) is 9.78 Å². The Kier molecular flexibility index (Phi) is 3.39. The highest BCUT2D eigenvalue weighted by Gasteiger charge is 2.39. The van der Waals surface area contributed by atoms with Gasteiger partial charge in [-0.15, -0.1) is 0 Å². The van der Waals surface area contributed by atoms with E-state index in [1.807, 2.05) is 5.32 Å². The van der Waals surface area contributed by atoms with Crippen molar-refractivity contribution >= 4 is 11.8 Å². The van der Waals surface area contributed by atoms with Crippen molar-refractivity contribution in [2.24, 2.45) is 5.73 Å². The van der Waals surface area contributed by atoms with Crippen molar-refractivity contribution in [3.8, 4) is 5.69 Å². The number of halogens is 3. The van der Waals surface area contributed by atoms with E-state index in [-0.39, 0.29) is 5.69 Å². The summed E-state index contributed by atoms with van der Waals surface area (Å²) in [5.41, 5.74) is 4.06. The van der Waals surface area contributed by atoms with E-state index >= 15 is 0 Å². The number of alkyl halides is 3. The SMILES string of the molecule is Cc1nn(-c2ccccc2)c(NC(N)=O)c1C(F)(F)F. The van der Waals surface area contributed by atoms with Crippen LogP contribution in [-0.4, -0.2) is 15.8 Å². The summed E-state index contributed by atoms with van der Waals surface area (Å²) in [5.74, 6) is -0.492. The second-order valence-corrected chi connectivity index (χ2v) is 4.04. The number of aromatic nitrogens is 2. The average Bonchev–Trinajstić information content (AvgIpc) is 2.66. The third-order valence-corrected chi connectivity index (χ3v) is 2.59. The fourth-order valence-corrected chi connectivity index (χ4v) is 1.85. The zero-order chi connectivity index (χ0) is 14.9. The molecule has 2 rings (SSSR count). The summed E-state index contributed by atoms with van der Waals surface area (Å²) in [6.07, 6.45) is -4.64. The molecule has 5 nitrogen and oxygen atoms in total. The van der Waals surface area contributed by atoms with Crippen LogP contribution in [0.3, 0.4) is 0 Å². The Morgan fingerprint density at radius 2 is 1.90 bits per heavy atom. The van der Waals surface area contributed by atoms with Crippen LogP contribution in [0, 0.1) is 6.92 Å². The minimum atomic E-state index is -4.64. The molecule has 0 saturated carbocycles. The molecule has 20 heavy (non-hydrogen) atoms. The van der Waals surface area contributed by atoms with Crippen molar-refractivity contribution in [3.05, 3.63) is 41.6 Å². The number of nitrogens with zero attached hydrogens (tertiary/aromatic N) is 2. The van der Waals surface area contributed by atoms with Crippen LogP contribution in [-0.2, 0) is 6.18 Å². The van der Waals surface area contributed by atoms with Crippen LogP contribution in [0.4, 0.5) is 23.8 Å². The Hall–Kier alpha value is -2.51. The number of nitrogens with one attached hydrogen (secondary N) is 1. The molecule has 2 aromatic rings. The predicted octanol–water partition coefficient (Wildman–Crippen LogP) is 2.69. The van der Waals surface area contributed by atoms with Crippen molar-refractivity contribution in [2.45, 2.75) is 13.1 Å². The van der Waals surface area contributed by atoms with E-state index in [4.69, 9.17) is 5.73 Å². The van der Waals surface area contributed by atoms with Crippen LogP contribution in [0.15, 0.2) is 30.3 Å². The topological polar surface area (TPSA) is 72.9 Å². The first-order valence-corrected chi connectivity index (χ1v) is 5.59. The lowest BCUT2D eigenvalue weighted by Crippen LogP contribution is -2.23. The number of hydrogen-bond donors (Lipinski definition) is 2. The predicted molar refractivity (Wildman–Crippen MR) is 66.5 cm³/mol. The molecular formula is C12H11F3N4O. The molecule has 0 bridgehead atoms. The van der Waals surface area contributed by atoms with Crippen LogP contribution in [0.1, 0.15) is 11.3 Å². The highest BCUT2D eigenvalue weighted by molar-refractivity contribution is 5.88. The number of benzene rings is 1. The molecule has 0 spiro atoms. The molecule has 0 aliphatic rings. The Balaban J connectivity index is 2.67. The first kappa shape index (κ1) is 13.9. The molecule has 3 N–H and O–H groups in total. The maximum absolute atomic E-state index is 13.0. The molecule has 0 saturated heterocycles. The molecule has 8 heteroatoms. The Morgan fingerprint density at radius 3 is 2.40 bits per heavy atom. The lowest BCUT2D eigenvalue weighted by molar-refractivity contribution is -0.137. The first-order valence-electron chi connectivity index (χ1n) is 5.59. The van der Waals surface area contributed by atoms with Crippen molar-refractivity contribution in [2.75, 3.05) is 5.32 Å². The zero-order valence-electron chi connectivity index (χ0n) is 10.4. The normalized spacial score (nSPS) is 11.4. The van der Waals surface area contributed by atoms with E-state index < -0.39 is 23.6 Å².